The van der Waals surface area contributed by atoms with Gasteiger partial charge in [-0.25, -0.2) is 4.79 Å². The number of carbonyl (C=O) groups is 2. The Morgan fingerprint density at radius 1 is 0.968 bits per heavy atom. The molecular formula is C25H25NO4S. The summed E-state index contributed by atoms with van der Waals surface area (Å²) in [5.74, 6) is -0.0446. The fourth-order valence-electron chi connectivity index (χ4n) is 3.76. The van der Waals surface area contributed by atoms with Crippen LogP contribution in [0.15, 0.2) is 54.6 Å². The average molecular weight is 436 g/mol. The standard InChI is InChI=1S/C25H25NO4S/c1-2-29-25(28)23-20-10-6-7-11-21(20)31-24(23)26-22(27)16-30-19-14-12-18(13-15-19)17-8-4-3-5-9-17/h3-5,8-9,12-15H,2,6-7,10-11,16H2,1H3,(H,26,27). The van der Waals surface area contributed by atoms with Gasteiger partial charge in [-0.1, -0.05) is 42.5 Å². The zero-order valence-corrected chi connectivity index (χ0v) is 18.3. The average Bonchev–Trinajstić information content (AvgIpc) is 3.16. The molecule has 0 bridgehead atoms. The molecule has 1 aromatic heterocycles. The molecule has 2 aromatic carbocycles. The first-order chi connectivity index (χ1) is 15.2. The Labute approximate surface area is 186 Å². The number of hydrogen-bond acceptors (Lipinski definition) is 5. The van der Waals surface area contributed by atoms with Crippen LogP contribution in [0.3, 0.4) is 0 Å². The lowest BCUT2D eigenvalue weighted by Crippen LogP contribution is -2.21. The predicted octanol–water partition coefficient (Wildman–Crippen LogP) is 5.49. The van der Waals surface area contributed by atoms with E-state index in [1.165, 1.54) is 16.2 Å². The van der Waals surface area contributed by atoms with Gasteiger partial charge < -0.3 is 14.8 Å². The fraction of sp³-hybridized carbons (Fsp3) is 0.280. The summed E-state index contributed by atoms with van der Waals surface area (Å²) in [4.78, 5) is 26.2. The first kappa shape index (κ1) is 21.1. The number of rotatable bonds is 7. The molecule has 0 aliphatic heterocycles. The molecule has 0 saturated carbocycles. The van der Waals surface area contributed by atoms with Crippen LogP contribution in [0.5, 0.6) is 5.75 Å². The van der Waals surface area contributed by atoms with Crippen molar-refractivity contribution in [2.75, 3.05) is 18.5 Å². The van der Waals surface area contributed by atoms with Gasteiger partial charge in [-0.05, 0) is 61.4 Å². The van der Waals surface area contributed by atoms with E-state index in [1.54, 1.807) is 6.92 Å². The van der Waals surface area contributed by atoms with Crippen molar-refractivity contribution in [1.29, 1.82) is 0 Å². The Hall–Kier alpha value is -3.12. The lowest BCUT2D eigenvalue weighted by Gasteiger charge is -2.12. The summed E-state index contributed by atoms with van der Waals surface area (Å²) < 4.78 is 10.9. The normalized spacial score (nSPS) is 12.7. The number of benzene rings is 2. The van der Waals surface area contributed by atoms with Crippen LogP contribution in [-0.4, -0.2) is 25.1 Å². The second-order valence-electron chi connectivity index (χ2n) is 7.36. The lowest BCUT2D eigenvalue weighted by molar-refractivity contribution is -0.118. The molecule has 1 aliphatic carbocycles. The maximum Gasteiger partial charge on any atom is 0.341 e. The molecule has 1 aliphatic rings. The molecule has 31 heavy (non-hydrogen) atoms. The Balaban J connectivity index is 1.41. The van der Waals surface area contributed by atoms with E-state index < -0.39 is 0 Å². The van der Waals surface area contributed by atoms with E-state index in [-0.39, 0.29) is 18.5 Å². The van der Waals surface area contributed by atoms with Crippen molar-refractivity contribution in [2.24, 2.45) is 0 Å². The Kier molecular flexibility index (Phi) is 6.67. The minimum atomic E-state index is -0.366. The highest BCUT2D eigenvalue weighted by Gasteiger charge is 2.27. The highest BCUT2D eigenvalue weighted by Crippen LogP contribution is 2.38. The van der Waals surface area contributed by atoms with Gasteiger partial charge in [-0.15, -0.1) is 11.3 Å². The van der Waals surface area contributed by atoms with Crippen LogP contribution in [-0.2, 0) is 22.4 Å². The molecule has 1 amide bonds. The van der Waals surface area contributed by atoms with E-state index in [2.05, 4.69) is 5.32 Å². The Bertz CT molecular complexity index is 1060. The highest BCUT2D eigenvalue weighted by atomic mass is 32.1. The summed E-state index contributed by atoms with van der Waals surface area (Å²) >= 11 is 1.48. The van der Waals surface area contributed by atoms with Crippen LogP contribution < -0.4 is 10.1 Å². The number of hydrogen-bond donors (Lipinski definition) is 1. The number of fused-ring (bicyclic) bond motifs is 1. The van der Waals surface area contributed by atoms with E-state index >= 15 is 0 Å². The lowest BCUT2D eigenvalue weighted by atomic mass is 9.95. The monoisotopic (exact) mass is 435 g/mol. The molecule has 5 nitrogen and oxygen atoms in total. The van der Waals surface area contributed by atoms with Gasteiger partial charge in [-0.2, -0.15) is 0 Å². The van der Waals surface area contributed by atoms with Crippen molar-refractivity contribution in [2.45, 2.75) is 32.6 Å². The van der Waals surface area contributed by atoms with Gasteiger partial charge >= 0.3 is 5.97 Å². The third-order valence-corrected chi connectivity index (χ3v) is 6.44. The second kappa shape index (κ2) is 9.79. The highest BCUT2D eigenvalue weighted by molar-refractivity contribution is 7.17. The Morgan fingerprint density at radius 3 is 2.42 bits per heavy atom. The van der Waals surface area contributed by atoms with Gasteiger partial charge in [0.1, 0.15) is 10.8 Å². The minimum absolute atomic E-state index is 0.129. The largest absolute Gasteiger partial charge is 0.484 e. The number of carbonyl (C=O) groups excluding carboxylic acids is 2. The Morgan fingerprint density at radius 2 is 1.68 bits per heavy atom. The summed E-state index contributed by atoms with van der Waals surface area (Å²) in [5.41, 5.74) is 3.75. The summed E-state index contributed by atoms with van der Waals surface area (Å²) in [5, 5.41) is 3.44. The van der Waals surface area contributed by atoms with Crippen molar-refractivity contribution in [1.82, 2.24) is 0 Å². The van der Waals surface area contributed by atoms with Crippen LogP contribution in [0.2, 0.25) is 0 Å². The van der Waals surface area contributed by atoms with Crippen LogP contribution in [0.4, 0.5) is 5.00 Å². The van der Waals surface area contributed by atoms with E-state index in [4.69, 9.17) is 9.47 Å². The zero-order valence-electron chi connectivity index (χ0n) is 17.5. The van der Waals surface area contributed by atoms with Gasteiger partial charge in [0.05, 0.1) is 12.2 Å². The number of aryl methyl sites for hydroxylation is 1. The predicted molar refractivity (Wildman–Crippen MR) is 123 cm³/mol. The number of nitrogens with one attached hydrogen (secondary N) is 1. The van der Waals surface area contributed by atoms with Gasteiger partial charge in [0.2, 0.25) is 0 Å². The van der Waals surface area contributed by atoms with E-state index in [9.17, 15) is 9.59 Å². The maximum atomic E-state index is 12.5. The SMILES string of the molecule is CCOC(=O)c1c(NC(=O)COc2ccc(-c3ccccc3)cc2)sc2c1CCCC2. The molecule has 4 rings (SSSR count). The molecule has 0 fully saturated rings. The molecule has 1 N–H and O–H groups in total. The molecule has 3 aromatic rings. The fourth-order valence-corrected chi connectivity index (χ4v) is 5.05. The molecule has 0 saturated heterocycles. The molecule has 6 heteroatoms. The third-order valence-electron chi connectivity index (χ3n) is 5.24. The van der Waals surface area contributed by atoms with Crippen molar-refractivity contribution in [3.63, 3.8) is 0 Å². The zero-order chi connectivity index (χ0) is 21.6. The first-order valence-corrected chi connectivity index (χ1v) is 11.4. The van der Waals surface area contributed by atoms with Gasteiger partial charge in [0, 0.05) is 4.88 Å². The molecule has 160 valence electrons. The van der Waals surface area contributed by atoms with Crippen LogP contribution in [0, 0.1) is 0 Å². The topological polar surface area (TPSA) is 64.6 Å². The molecule has 0 radical (unpaired) electrons. The number of ether oxygens (including phenoxy) is 2. The molecule has 1 heterocycles. The number of amides is 1. The minimum Gasteiger partial charge on any atom is -0.484 e. The third kappa shape index (κ3) is 4.97. The number of esters is 1. The molecule has 0 atom stereocenters. The maximum absolute atomic E-state index is 12.5. The summed E-state index contributed by atoms with van der Waals surface area (Å²) in [6.45, 7) is 1.96. The van der Waals surface area contributed by atoms with Gasteiger partial charge in [0.25, 0.3) is 5.91 Å². The summed E-state index contributed by atoms with van der Waals surface area (Å²) in [6.07, 6.45) is 3.93. The smallest absolute Gasteiger partial charge is 0.341 e. The van der Waals surface area contributed by atoms with Crippen LogP contribution in [0.1, 0.15) is 40.6 Å². The van der Waals surface area contributed by atoms with Gasteiger partial charge in [0.15, 0.2) is 6.61 Å². The number of thiophene rings is 1. The van der Waals surface area contributed by atoms with Gasteiger partial charge in [-0.3, -0.25) is 4.79 Å². The van der Waals surface area contributed by atoms with Crippen LogP contribution in [0.25, 0.3) is 11.1 Å². The van der Waals surface area contributed by atoms with E-state index in [0.29, 0.717) is 22.9 Å². The number of anilines is 1. The molecule has 0 unspecified atom stereocenters. The van der Waals surface area contributed by atoms with Crippen LogP contribution >= 0.6 is 11.3 Å². The summed E-state index contributed by atoms with van der Waals surface area (Å²) in [6, 6.07) is 17.7. The molecule has 0 spiro atoms. The summed E-state index contributed by atoms with van der Waals surface area (Å²) in [7, 11) is 0. The first-order valence-electron chi connectivity index (χ1n) is 10.6. The van der Waals surface area contributed by atoms with Crippen molar-refractivity contribution in [3.8, 4) is 16.9 Å². The molecular weight excluding hydrogens is 410 g/mol. The van der Waals surface area contributed by atoms with Crippen molar-refractivity contribution in [3.05, 3.63) is 70.6 Å². The second-order valence-corrected chi connectivity index (χ2v) is 8.47. The van der Waals surface area contributed by atoms with E-state index in [1.807, 2.05) is 54.6 Å². The van der Waals surface area contributed by atoms with Crippen molar-refractivity contribution < 1.29 is 19.1 Å². The quantitative estimate of drug-likeness (QED) is 0.499. The van der Waals surface area contributed by atoms with E-state index in [0.717, 1.165) is 42.4 Å². The van der Waals surface area contributed by atoms with Crippen molar-refractivity contribution >= 4 is 28.2 Å².